The third kappa shape index (κ3) is 4.89. The number of aromatic hydroxyl groups is 1. The van der Waals surface area contributed by atoms with E-state index in [-0.39, 0.29) is 17.7 Å². The van der Waals surface area contributed by atoms with Gasteiger partial charge in [-0.1, -0.05) is 43.2 Å². The second-order valence-electron chi connectivity index (χ2n) is 7.80. The molecule has 1 atom stereocenters. The summed E-state index contributed by atoms with van der Waals surface area (Å²) in [4.78, 5) is 15.3. The topological polar surface area (TPSA) is 81.2 Å². The number of aromatic nitrogens is 2. The van der Waals surface area contributed by atoms with Gasteiger partial charge < -0.3 is 10.4 Å². The van der Waals surface area contributed by atoms with Gasteiger partial charge in [0.15, 0.2) is 0 Å². The Hall–Kier alpha value is -3.12. The van der Waals surface area contributed by atoms with Crippen LogP contribution in [0, 0.1) is 0 Å². The van der Waals surface area contributed by atoms with Gasteiger partial charge in [-0.05, 0) is 61.8 Å². The normalized spacial score (nSPS) is 16.0. The zero-order valence-corrected chi connectivity index (χ0v) is 17.1. The van der Waals surface area contributed by atoms with Gasteiger partial charge in [-0.15, -0.1) is 0 Å². The molecule has 4 rings (SSSR count). The van der Waals surface area contributed by atoms with Crippen molar-refractivity contribution in [3.05, 3.63) is 71.9 Å². The van der Waals surface area contributed by atoms with Gasteiger partial charge >= 0.3 is 0 Å². The lowest BCUT2D eigenvalue weighted by Crippen LogP contribution is -2.38. The number of carbonyl (C=O) groups excluding carboxylic acids is 1. The number of likely N-dealkylation sites (tertiary alicyclic amines) is 1. The molecule has 1 saturated heterocycles. The highest BCUT2D eigenvalue weighted by atomic mass is 16.3. The Morgan fingerprint density at radius 2 is 1.73 bits per heavy atom. The molecule has 1 aliphatic heterocycles. The highest BCUT2D eigenvalue weighted by molar-refractivity contribution is 5.93. The van der Waals surface area contributed by atoms with Gasteiger partial charge in [0, 0.05) is 12.1 Å². The van der Waals surface area contributed by atoms with Crippen LogP contribution in [-0.4, -0.2) is 45.7 Å². The van der Waals surface area contributed by atoms with Crippen molar-refractivity contribution in [1.82, 2.24) is 20.4 Å². The minimum atomic E-state index is -0.164. The first-order valence-electron chi connectivity index (χ1n) is 10.6. The first-order valence-corrected chi connectivity index (χ1v) is 10.6. The molecule has 3 N–H and O–H groups in total. The Balaban J connectivity index is 1.45. The average molecular weight is 405 g/mol. The lowest BCUT2D eigenvalue weighted by Gasteiger charge is -2.31. The second-order valence-corrected chi connectivity index (χ2v) is 7.80. The van der Waals surface area contributed by atoms with Crippen LogP contribution >= 0.6 is 0 Å². The van der Waals surface area contributed by atoms with Gasteiger partial charge in [0.2, 0.25) is 0 Å². The lowest BCUT2D eigenvalue weighted by molar-refractivity contribution is 0.0928. The number of nitrogens with zero attached hydrogens (tertiary/aromatic N) is 2. The molecule has 0 unspecified atom stereocenters. The summed E-state index contributed by atoms with van der Waals surface area (Å²) in [6.07, 6.45) is 4.96. The van der Waals surface area contributed by atoms with E-state index in [1.807, 2.05) is 6.07 Å². The number of aromatic amines is 1. The van der Waals surface area contributed by atoms with E-state index in [1.165, 1.54) is 31.2 Å². The predicted octanol–water partition coefficient (Wildman–Crippen LogP) is 4.13. The molecule has 156 valence electrons. The first-order chi connectivity index (χ1) is 14.7. The van der Waals surface area contributed by atoms with Gasteiger partial charge in [-0.3, -0.25) is 14.8 Å². The quantitative estimate of drug-likeness (QED) is 0.577. The van der Waals surface area contributed by atoms with Crippen LogP contribution in [0.15, 0.2) is 60.7 Å². The maximum atomic E-state index is 12.8. The number of phenols is 1. The van der Waals surface area contributed by atoms with Crippen LogP contribution in [0.25, 0.3) is 11.3 Å². The van der Waals surface area contributed by atoms with Crippen molar-refractivity contribution in [1.29, 1.82) is 0 Å². The number of H-pyrrole nitrogens is 1. The van der Waals surface area contributed by atoms with Gasteiger partial charge in [0.05, 0.1) is 11.7 Å². The van der Waals surface area contributed by atoms with E-state index in [0.717, 1.165) is 18.7 Å². The second kappa shape index (κ2) is 9.59. The molecule has 6 nitrogen and oxygen atoms in total. The minimum Gasteiger partial charge on any atom is -0.508 e. The number of hydrogen-bond donors (Lipinski definition) is 3. The van der Waals surface area contributed by atoms with Gasteiger partial charge in [-0.2, -0.15) is 5.10 Å². The summed E-state index contributed by atoms with van der Waals surface area (Å²) >= 11 is 0. The standard InChI is InChI=1S/C24H28N4O2/c29-20-12-10-18(11-13-20)21-16-22(27-26-21)24(30)25-17-23(19-8-4-3-5-9-19)28-14-6-1-2-7-15-28/h3-5,8-13,16,23,29H,1-2,6-7,14-15,17H2,(H,25,30)(H,26,27)/t23-/m1/s1. The molecule has 0 aliphatic carbocycles. The smallest absolute Gasteiger partial charge is 0.269 e. The summed E-state index contributed by atoms with van der Waals surface area (Å²) < 4.78 is 0. The number of nitrogens with one attached hydrogen (secondary N) is 2. The summed E-state index contributed by atoms with van der Waals surface area (Å²) in [7, 11) is 0. The van der Waals surface area contributed by atoms with Crippen molar-refractivity contribution >= 4 is 5.91 Å². The van der Waals surface area contributed by atoms with Crippen LogP contribution in [0.2, 0.25) is 0 Å². The highest BCUT2D eigenvalue weighted by Gasteiger charge is 2.22. The van der Waals surface area contributed by atoms with Crippen LogP contribution in [0.4, 0.5) is 0 Å². The molecule has 6 heteroatoms. The van der Waals surface area contributed by atoms with Crippen molar-refractivity contribution in [2.24, 2.45) is 0 Å². The molecule has 30 heavy (non-hydrogen) atoms. The molecule has 0 bridgehead atoms. The minimum absolute atomic E-state index is 0.160. The molecule has 3 aromatic rings. The van der Waals surface area contributed by atoms with Crippen molar-refractivity contribution in [2.45, 2.75) is 31.7 Å². The van der Waals surface area contributed by atoms with E-state index in [4.69, 9.17) is 0 Å². The molecule has 0 saturated carbocycles. The Kier molecular flexibility index (Phi) is 6.44. The molecule has 1 fully saturated rings. The van der Waals surface area contributed by atoms with Crippen LogP contribution in [0.3, 0.4) is 0 Å². The highest BCUT2D eigenvalue weighted by Crippen LogP contribution is 2.24. The van der Waals surface area contributed by atoms with Crippen LogP contribution < -0.4 is 5.32 Å². The van der Waals surface area contributed by atoms with E-state index in [0.29, 0.717) is 17.9 Å². The van der Waals surface area contributed by atoms with Crippen molar-refractivity contribution in [3.63, 3.8) is 0 Å². The van der Waals surface area contributed by atoms with Gasteiger partial charge in [0.1, 0.15) is 11.4 Å². The van der Waals surface area contributed by atoms with Crippen LogP contribution in [0.1, 0.15) is 47.8 Å². The molecule has 0 radical (unpaired) electrons. The number of hydrogen-bond acceptors (Lipinski definition) is 4. The number of rotatable bonds is 6. The number of benzene rings is 2. The Morgan fingerprint density at radius 1 is 1.03 bits per heavy atom. The summed E-state index contributed by atoms with van der Waals surface area (Å²) in [5, 5.41) is 19.6. The molecule has 2 aromatic carbocycles. The van der Waals surface area contributed by atoms with E-state index in [2.05, 4.69) is 44.7 Å². The van der Waals surface area contributed by atoms with Gasteiger partial charge in [-0.25, -0.2) is 0 Å². The summed E-state index contributed by atoms with van der Waals surface area (Å²) in [5.41, 5.74) is 3.18. The van der Waals surface area contributed by atoms with Crippen molar-refractivity contribution in [2.75, 3.05) is 19.6 Å². The SMILES string of the molecule is O=C(NC[C@H](c1ccccc1)N1CCCCCC1)c1cc(-c2ccc(O)cc2)n[nH]1. The van der Waals surface area contributed by atoms with E-state index in [9.17, 15) is 9.90 Å². The fraction of sp³-hybridized carbons (Fsp3) is 0.333. The van der Waals surface area contributed by atoms with Crippen molar-refractivity contribution < 1.29 is 9.90 Å². The summed E-state index contributed by atoms with van der Waals surface area (Å²) in [6, 6.07) is 19.1. The van der Waals surface area contributed by atoms with Crippen LogP contribution in [0.5, 0.6) is 5.75 Å². The fourth-order valence-corrected chi connectivity index (χ4v) is 4.04. The number of amides is 1. The van der Waals surface area contributed by atoms with Crippen LogP contribution in [-0.2, 0) is 0 Å². The van der Waals surface area contributed by atoms with E-state index >= 15 is 0 Å². The maximum absolute atomic E-state index is 12.8. The zero-order chi connectivity index (χ0) is 20.8. The maximum Gasteiger partial charge on any atom is 0.269 e. The monoisotopic (exact) mass is 404 g/mol. The molecule has 1 aromatic heterocycles. The van der Waals surface area contributed by atoms with E-state index < -0.39 is 0 Å². The molecule has 1 amide bonds. The first kappa shape index (κ1) is 20.2. The lowest BCUT2D eigenvalue weighted by atomic mass is 10.0. The average Bonchev–Trinajstić information content (AvgIpc) is 3.12. The third-order valence-electron chi connectivity index (χ3n) is 5.71. The van der Waals surface area contributed by atoms with Crippen molar-refractivity contribution in [3.8, 4) is 17.0 Å². The fourth-order valence-electron chi connectivity index (χ4n) is 4.04. The van der Waals surface area contributed by atoms with Gasteiger partial charge in [0.25, 0.3) is 5.91 Å². The molecule has 2 heterocycles. The molecule has 1 aliphatic rings. The molecule has 0 spiro atoms. The zero-order valence-electron chi connectivity index (χ0n) is 17.1. The largest absolute Gasteiger partial charge is 0.508 e. The third-order valence-corrected chi connectivity index (χ3v) is 5.71. The molecular weight excluding hydrogens is 376 g/mol. The molecular formula is C24H28N4O2. The Morgan fingerprint density at radius 3 is 2.43 bits per heavy atom. The van der Waals surface area contributed by atoms with E-state index in [1.54, 1.807) is 30.3 Å². The predicted molar refractivity (Wildman–Crippen MR) is 117 cm³/mol. The number of carbonyl (C=O) groups is 1. The summed E-state index contributed by atoms with van der Waals surface area (Å²) in [6.45, 7) is 2.67. The number of phenolic OH excluding ortho intramolecular Hbond substituents is 1. The Labute approximate surface area is 176 Å². The summed E-state index contributed by atoms with van der Waals surface area (Å²) in [5.74, 6) is 0.0380. The Bertz CT molecular complexity index is 945.